The number of hydrogen-bond acceptors (Lipinski definition) is 1. The lowest BCUT2D eigenvalue weighted by Crippen LogP contribution is -2.20. The number of aryl methyl sites for hydroxylation is 1. The summed E-state index contributed by atoms with van der Waals surface area (Å²) >= 11 is 3.47. The Bertz CT molecular complexity index is 503. The topological polar surface area (TPSA) is 29.4 Å². The summed E-state index contributed by atoms with van der Waals surface area (Å²) in [6.07, 6.45) is 1.90. The van der Waals surface area contributed by atoms with Gasteiger partial charge in [0.25, 0.3) is 0 Å². The molecule has 0 radical (unpaired) electrons. The summed E-state index contributed by atoms with van der Waals surface area (Å²) in [6.45, 7) is 5.85. The molecule has 1 aliphatic carbocycles. The van der Waals surface area contributed by atoms with Gasteiger partial charge in [-0.15, -0.1) is 0 Å². The molecule has 2 rings (SSSR count). The molecule has 1 atom stereocenters. The minimum atomic E-state index is -1.17. The molecule has 0 unspecified atom stereocenters. The van der Waals surface area contributed by atoms with Crippen LogP contribution in [0.4, 0.5) is 0 Å². The second-order valence-electron chi connectivity index (χ2n) is 5.20. The highest BCUT2D eigenvalue weighted by atomic mass is 79.9. The van der Waals surface area contributed by atoms with Gasteiger partial charge in [-0.25, -0.2) is 4.21 Å². The lowest BCUT2D eigenvalue weighted by molar-refractivity contribution is 0.650. The summed E-state index contributed by atoms with van der Waals surface area (Å²) < 4.78 is 17.2. The van der Waals surface area contributed by atoms with Crippen LogP contribution in [0.2, 0.25) is 0 Å². The molecule has 4 heteroatoms. The first-order chi connectivity index (χ1) is 7.88. The van der Waals surface area contributed by atoms with Crippen molar-refractivity contribution in [3.05, 3.63) is 33.8 Å². The maximum Gasteiger partial charge on any atom is 0.145 e. The lowest BCUT2D eigenvalue weighted by atomic mass is 10.1. The highest BCUT2D eigenvalue weighted by molar-refractivity contribution is 9.10. The predicted octanol–water partition coefficient (Wildman–Crippen LogP) is 3.65. The van der Waals surface area contributed by atoms with Crippen molar-refractivity contribution in [1.29, 1.82) is 0 Å². The summed E-state index contributed by atoms with van der Waals surface area (Å²) in [5.74, 6) is 0. The molecule has 0 N–H and O–H groups in total. The highest BCUT2D eigenvalue weighted by Gasteiger charge is 2.23. The number of hydrogen-bond donors (Lipinski definition) is 0. The van der Waals surface area contributed by atoms with Crippen LogP contribution in [0.15, 0.2) is 27.1 Å². The zero-order valence-electron chi connectivity index (χ0n) is 10.3. The molecule has 0 amide bonds. The van der Waals surface area contributed by atoms with Gasteiger partial charge in [0.2, 0.25) is 0 Å². The number of halogens is 1. The minimum absolute atomic E-state index is 0.290. The van der Waals surface area contributed by atoms with Crippen LogP contribution < -0.4 is 0 Å². The van der Waals surface area contributed by atoms with Crippen molar-refractivity contribution in [2.45, 2.75) is 38.4 Å². The van der Waals surface area contributed by atoms with E-state index < -0.39 is 11.0 Å². The smallest absolute Gasteiger partial charge is 0.145 e. The van der Waals surface area contributed by atoms with E-state index in [1.165, 1.54) is 5.56 Å². The molecule has 0 fully saturated rings. The molecule has 0 bridgehead atoms. The third kappa shape index (κ3) is 2.86. The van der Waals surface area contributed by atoms with Crippen LogP contribution in [0.1, 0.15) is 38.3 Å². The summed E-state index contributed by atoms with van der Waals surface area (Å²) in [5, 5.41) is 0. The lowest BCUT2D eigenvalue weighted by Gasteiger charge is -2.14. The third-order valence-corrected chi connectivity index (χ3v) is 4.66. The molecule has 0 spiro atoms. The van der Waals surface area contributed by atoms with Crippen molar-refractivity contribution in [3.63, 3.8) is 0 Å². The summed E-state index contributed by atoms with van der Waals surface area (Å²) in [6, 6.07) is 6.23. The molecule has 1 aliphatic rings. The largest absolute Gasteiger partial charge is 0.234 e. The molecule has 0 aromatic heterocycles. The molecule has 17 heavy (non-hydrogen) atoms. The van der Waals surface area contributed by atoms with Crippen LogP contribution in [0, 0.1) is 0 Å². The number of benzene rings is 1. The monoisotopic (exact) mass is 313 g/mol. The van der Waals surface area contributed by atoms with Crippen molar-refractivity contribution in [1.82, 2.24) is 0 Å². The molecule has 0 saturated heterocycles. The molecule has 0 heterocycles. The summed E-state index contributed by atoms with van der Waals surface area (Å²) in [4.78, 5) is 0. The van der Waals surface area contributed by atoms with E-state index >= 15 is 0 Å². The zero-order valence-corrected chi connectivity index (χ0v) is 12.7. The van der Waals surface area contributed by atoms with Crippen molar-refractivity contribution in [2.75, 3.05) is 0 Å². The SMILES string of the molecule is CC(C)(C)[S@@](=O)N=C1CCc2ccc(Br)cc21. The van der Waals surface area contributed by atoms with Crippen molar-refractivity contribution in [3.8, 4) is 0 Å². The second kappa shape index (κ2) is 4.65. The van der Waals surface area contributed by atoms with Gasteiger partial charge in [-0.3, -0.25) is 0 Å². The molecule has 1 aromatic carbocycles. The molecule has 0 saturated carbocycles. The van der Waals surface area contributed by atoms with Gasteiger partial charge < -0.3 is 0 Å². The Morgan fingerprint density at radius 3 is 2.65 bits per heavy atom. The molecule has 0 aliphatic heterocycles. The van der Waals surface area contributed by atoms with Gasteiger partial charge in [0, 0.05) is 10.0 Å². The average molecular weight is 314 g/mol. The van der Waals surface area contributed by atoms with Crippen LogP contribution in [0.5, 0.6) is 0 Å². The van der Waals surface area contributed by atoms with E-state index in [2.05, 4.69) is 32.5 Å². The Kier molecular flexibility index (Phi) is 3.55. The van der Waals surface area contributed by atoms with Gasteiger partial charge in [-0.2, -0.15) is 4.40 Å². The number of rotatable bonds is 1. The van der Waals surface area contributed by atoms with E-state index in [9.17, 15) is 4.21 Å². The molecule has 1 aromatic rings. The molecule has 2 nitrogen and oxygen atoms in total. The Balaban J connectivity index is 2.37. The van der Waals surface area contributed by atoms with Gasteiger partial charge in [0.1, 0.15) is 11.0 Å². The van der Waals surface area contributed by atoms with E-state index in [1.54, 1.807) is 0 Å². The van der Waals surface area contributed by atoms with Crippen molar-refractivity contribution < 1.29 is 4.21 Å². The quantitative estimate of drug-likeness (QED) is 0.778. The van der Waals surface area contributed by atoms with Gasteiger partial charge in [0.05, 0.1) is 10.5 Å². The molecule has 92 valence electrons. The van der Waals surface area contributed by atoms with Crippen LogP contribution in [0.3, 0.4) is 0 Å². The van der Waals surface area contributed by atoms with Gasteiger partial charge in [-0.05, 0) is 51.3 Å². The van der Waals surface area contributed by atoms with Gasteiger partial charge in [-0.1, -0.05) is 22.0 Å². The van der Waals surface area contributed by atoms with E-state index in [0.29, 0.717) is 0 Å². The Labute approximate surface area is 113 Å². The summed E-state index contributed by atoms with van der Waals surface area (Å²) in [5.41, 5.74) is 3.43. The van der Waals surface area contributed by atoms with Crippen molar-refractivity contribution in [2.24, 2.45) is 4.40 Å². The summed E-state index contributed by atoms with van der Waals surface area (Å²) in [7, 11) is -1.17. The van der Waals surface area contributed by atoms with E-state index in [0.717, 1.165) is 28.6 Å². The van der Waals surface area contributed by atoms with Crippen LogP contribution in [-0.2, 0) is 17.4 Å². The van der Waals surface area contributed by atoms with Gasteiger partial charge >= 0.3 is 0 Å². The van der Waals surface area contributed by atoms with Crippen LogP contribution in [-0.4, -0.2) is 14.7 Å². The van der Waals surface area contributed by atoms with Crippen LogP contribution >= 0.6 is 15.9 Å². The second-order valence-corrected chi connectivity index (χ2v) is 8.02. The van der Waals surface area contributed by atoms with E-state index in [1.807, 2.05) is 26.8 Å². The van der Waals surface area contributed by atoms with E-state index in [4.69, 9.17) is 0 Å². The maximum absolute atomic E-state index is 12.0. The fourth-order valence-electron chi connectivity index (χ4n) is 1.75. The predicted molar refractivity (Wildman–Crippen MR) is 76.9 cm³/mol. The zero-order chi connectivity index (χ0) is 12.6. The normalized spacial score (nSPS) is 19.4. The highest BCUT2D eigenvalue weighted by Crippen LogP contribution is 2.27. The Hall–Kier alpha value is -0.480. The molecular formula is C13H16BrNOS. The Morgan fingerprint density at radius 2 is 2.00 bits per heavy atom. The van der Waals surface area contributed by atoms with E-state index in [-0.39, 0.29) is 4.75 Å². The minimum Gasteiger partial charge on any atom is -0.234 e. The fraction of sp³-hybridized carbons (Fsp3) is 0.462. The number of fused-ring (bicyclic) bond motifs is 1. The first-order valence-corrected chi connectivity index (χ1v) is 7.56. The Morgan fingerprint density at radius 1 is 1.29 bits per heavy atom. The van der Waals surface area contributed by atoms with Crippen LogP contribution in [0.25, 0.3) is 0 Å². The fourth-order valence-corrected chi connectivity index (χ4v) is 2.78. The first-order valence-electron chi connectivity index (χ1n) is 5.66. The average Bonchev–Trinajstić information content (AvgIpc) is 2.60. The number of nitrogens with zero attached hydrogens (tertiary/aromatic N) is 1. The van der Waals surface area contributed by atoms with Gasteiger partial charge in [0.15, 0.2) is 0 Å². The van der Waals surface area contributed by atoms with Crippen molar-refractivity contribution >= 4 is 32.6 Å². The standard InChI is InChI=1S/C13H16BrNOS/c1-13(2,3)17(16)15-12-7-5-9-4-6-10(14)8-11(9)12/h4,6,8H,5,7H2,1-3H3/t17-/m1/s1. The third-order valence-electron chi connectivity index (χ3n) is 2.73. The molecular weight excluding hydrogens is 298 g/mol. The maximum atomic E-state index is 12.0. The first kappa shape index (κ1) is 13.0.